The molecule has 0 spiro atoms. The quantitative estimate of drug-likeness (QED) is 0.360. The van der Waals surface area contributed by atoms with Gasteiger partial charge in [0, 0.05) is 24.4 Å². The summed E-state index contributed by atoms with van der Waals surface area (Å²) in [5.74, 6) is -0.644. The number of nitrogens with one attached hydrogen (secondary N) is 1. The van der Waals surface area contributed by atoms with Crippen molar-refractivity contribution in [1.82, 2.24) is 14.6 Å². The molecule has 13 heteroatoms. The van der Waals surface area contributed by atoms with Crippen molar-refractivity contribution < 1.29 is 41.2 Å². The molecule has 2 heterocycles. The number of rotatable bonds is 11. The van der Waals surface area contributed by atoms with E-state index in [2.05, 4.69) is 11.6 Å². The van der Waals surface area contributed by atoms with E-state index in [1.54, 1.807) is 47.1 Å². The first-order valence-electron chi connectivity index (χ1n) is 14.6. The maximum atomic E-state index is 13.9. The van der Waals surface area contributed by atoms with Crippen molar-refractivity contribution in [2.75, 3.05) is 13.7 Å². The number of ketones is 1. The standard InChI is InChI=1S/C31H39N3O9S/c1-7-20-16-31(20,27(36)33-44(38,39)43-30(5)11-12-30)17-25(35)24-15-22(18-34(24)28(37)42-29(2,3)4)41-26-23-9-8-21(40-6)14-19(23)10-13-32-26/h7-10,13-14,20,22,24H,1,11-12,15-18H2,2-6H3,(H,33,36)/t20-,22-,24+,31?/m1/s1. The predicted octanol–water partition coefficient (Wildman–Crippen LogP) is 4.08. The Morgan fingerprint density at radius 3 is 2.55 bits per heavy atom. The van der Waals surface area contributed by atoms with Gasteiger partial charge >= 0.3 is 16.4 Å². The van der Waals surface area contributed by atoms with Gasteiger partial charge in [-0.1, -0.05) is 6.08 Å². The Hall–Kier alpha value is -3.71. The Labute approximate surface area is 257 Å². The first-order valence-corrected chi connectivity index (χ1v) is 16.0. The van der Waals surface area contributed by atoms with E-state index < -0.39 is 62.8 Å². The second-order valence-corrected chi connectivity index (χ2v) is 14.4. The number of nitrogens with zero attached hydrogens (tertiary/aromatic N) is 2. The summed E-state index contributed by atoms with van der Waals surface area (Å²) < 4.78 is 49.5. The highest BCUT2D eigenvalue weighted by atomic mass is 32.2. The lowest BCUT2D eigenvalue weighted by molar-refractivity contribution is -0.132. The van der Waals surface area contributed by atoms with Crippen LogP contribution in [0.4, 0.5) is 4.79 Å². The number of allylic oxidation sites excluding steroid dienone is 1. The van der Waals surface area contributed by atoms with Crippen LogP contribution in [0.2, 0.25) is 0 Å². The lowest BCUT2D eigenvalue weighted by Gasteiger charge is -2.28. The summed E-state index contributed by atoms with van der Waals surface area (Å²) in [6.45, 7) is 10.6. The number of hydrogen-bond donors (Lipinski definition) is 1. The molecule has 3 aliphatic rings. The molecule has 44 heavy (non-hydrogen) atoms. The Kier molecular flexibility index (Phi) is 8.17. The molecule has 1 aromatic heterocycles. The van der Waals surface area contributed by atoms with E-state index in [0.717, 1.165) is 10.8 Å². The van der Waals surface area contributed by atoms with Gasteiger partial charge in [-0.3, -0.25) is 14.5 Å². The fourth-order valence-corrected chi connectivity index (χ4v) is 6.76. The van der Waals surface area contributed by atoms with Crippen LogP contribution in [0.15, 0.2) is 43.1 Å². The van der Waals surface area contributed by atoms with Crippen LogP contribution in [0, 0.1) is 11.3 Å². The van der Waals surface area contributed by atoms with Gasteiger partial charge in [0.05, 0.1) is 30.7 Å². The van der Waals surface area contributed by atoms with Gasteiger partial charge in [0.25, 0.3) is 0 Å². The molecule has 2 aliphatic carbocycles. The van der Waals surface area contributed by atoms with E-state index in [-0.39, 0.29) is 25.8 Å². The Balaban J connectivity index is 1.36. The van der Waals surface area contributed by atoms with Crippen LogP contribution in [0.25, 0.3) is 10.8 Å². The average Bonchev–Trinajstić information content (AvgIpc) is 3.79. The average molecular weight is 630 g/mol. The number of Topliss-reactive ketones (excluding diaryl/α,β-unsaturated/α-hetero) is 1. The third kappa shape index (κ3) is 6.83. The van der Waals surface area contributed by atoms with Crippen molar-refractivity contribution in [3.8, 4) is 11.6 Å². The second-order valence-electron chi connectivity index (χ2n) is 13.1. The highest BCUT2D eigenvalue weighted by Gasteiger charge is 2.61. The number of pyridine rings is 1. The van der Waals surface area contributed by atoms with Gasteiger partial charge in [-0.2, -0.15) is 8.42 Å². The summed E-state index contributed by atoms with van der Waals surface area (Å²) >= 11 is 0. The number of aromatic nitrogens is 1. The van der Waals surface area contributed by atoms with E-state index >= 15 is 0 Å². The van der Waals surface area contributed by atoms with Crippen LogP contribution in [0.3, 0.4) is 0 Å². The molecule has 1 N–H and O–H groups in total. The van der Waals surface area contributed by atoms with Crippen LogP contribution in [-0.2, 0) is 28.8 Å². The Bertz CT molecular complexity index is 1600. The summed E-state index contributed by atoms with van der Waals surface area (Å²) in [5, 5.41) is 1.58. The number of likely N-dealkylation sites (tertiary alicyclic amines) is 1. The van der Waals surface area contributed by atoms with E-state index in [0.29, 0.717) is 24.5 Å². The molecular weight excluding hydrogens is 590 g/mol. The molecule has 12 nitrogen and oxygen atoms in total. The molecule has 4 atom stereocenters. The number of fused-ring (bicyclic) bond motifs is 1. The fourth-order valence-electron chi connectivity index (χ4n) is 5.59. The van der Waals surface area contributed by atoms with Crippen molar-refractivity contribution in [3.05, 3.63) is 43.1 Å². The zero-order valence-electron chi connectivity index (χ0n) is 25.6. The molecule has 0 bridgehead atoms. The summed E-state index contributed by atoms with van der Waals surface area (Å²) in [6, 6.07) is 6.32. The van der Waals surface area contributed by atoms with Crippen LogP contribution in [0.1, 0.15) is 59.8 Å². The fraction of sp³-hybridized carbons (Fsp3) is 0.548. The number of carbonyl (C=O) groups excluding carboxylic acids is 3. The first kappa shape index (κ1) is 31.7. The molecule has 1 saturated heterocycles. The summed E-state index contributed by atoms with van der Waals surface area (Å²) in [4.78, 5) is 46.2. The summed E-state index contributed by atoms with van der Waals surface area (Å²) in [7, 11) is -2.80. The molecule has 1 aliphatic heterocycles. The summed E-state index contributed by atoms with van der Waals surface area (Å²) in [6.07, 6.45) is 3.04. The molecule has 2 amide bonds. The van der Waals surface area contributed by atoms with Gasteiger partial charge in [-0.25, -0.2) is 18.7 Å². The van der Waals surface area contributed by atoms with E-state index in [1.807, 2.05) is 22.9 Å². The number of carbonyl (C=O) groups is 3. The van der Waals surface area contributed by atoms with Crippen LogP contribution in [-0.4, -0.2) is 73.1 Å². The largest absolute Gasteiger partial charge is 0.497 e. The Morgan fingerprint density at radius 1 is 1.20 bits per heavy atom. The summed E-state index contributed by atoms with van der Waals surface area (Å²) in [5.41, 5.74) is -2.97. The smallest absolute Gasteiger partial charge is 0.411 e. The number of methoxy groups -OCH3 is 1. The topological polar surface area (TPSA) is 150 Å². The lowest BCUT2D eigenvalue weighted by atomic mass is 9.91. The number of hydrogen-bond acceptors (Lipinski definition) is 10. The van der Waals surface area contributed by atoms with Crippen LogP contribution < -0.4 is 14.2 Å². The molecule has 238 valence electrons. The van der Waals surface area contributed by atoms with Crippen molar-refractivity contribution in [2.45, 2.75) is 83.1 Å². The number of ether oxygens (including phenoxy) is 3. The molecule has 2 aromatic rings. The minimum Gasteiger partial charge on any atom is -0.497 e. The van der Waals surface area contributed by atoms with Gasteiger partial charge in [0.15, 0.2) is 5.78 Å². The van der Waals surface area contributed by atoms with Gasteiger partial charge in [-0.15, -0.1) is 6.58 Å². The number of amides is 2. The normalized spacial score (nSPS) is 25.7. The third-order valence-electron chi connectivity index (χ3n) is 8.32. The van der Waals surface area contributed by atoms with Crippen molar-refractivity contribution in [1.29, 1.82) is 0 Å². The van der Waals surface area contributed by atoms with Gasteiger partial charge in [-0.05, 0) is 82.5 Å². The Morgan fingerprint density at radius 2 is 1.93 bits per heavy atom. The van der Waals surface area contributed by atoms with Crippen LogP contribution >= 0.6 is 0 Å². The monoisotopic (exact) mass is 629 g/mol. The minimum atomic E-state index is -4.38. The second kappa shape index (κ2) is 11.3. The van der Waals surface area contributed by atoms with Gasteiger partial charge in [0.2, 0.25) is 11.8 Å². The molecule has 1 unspecified atom stereocenters. The third-order valence-corrected chi connectivity index (χ3v) is 9.38. The lowest BCUT2D eigenvalue weighted by Crippen LogP contribution is -2.46. The molecule has 2 saturated carbocycles. The first-order chi connectivity index (χ1) is 20.6. The van der Waals surface area contributed by atoms with Crippen molar-refractivity contribution >= 4 is 38.9 Å². The van der Waals surface area contributed by atoms with E-state index in [4.69, 9.17) is 18.4 Å². The molecule has 5 rings (SSSR count). The zero-order chi connectivity index (χ0) is 32.1. The van der Waals surface area contributed by atoms with Crippen molar-refractivity contribution in [3.63, 3.8) is 0 Å². The maximum Gasteiger partial charge on any atom is 0.411 e. The molecule has 0 radical (unpaired) electrons. The molecular formula is C31H39N3O9S. The zero-order valence-corrected chi connectivity index (χ0v) is 26.4. The highest BCUT2D eigenvalue weighted by molar-refractivity contribution is 7.85. The van der Waals surface area contributed by atoms with Gasteiger partial charge < -0.3 is 14.2 Å². The minimum absolute atomic E-state index is 0.0461. The maximum absolute atomic E-state index is 13.9. The van der Waals surface area contributed by atoms with E-state index in [1.165, 1.54) is 11.0 Å². The molecule has 1 aromatic carbocycles. The van der Waals surface area contributed by atoms with Crippen LogP contribution in [0.5, 0.6) is 11.6 Å². The highest BCUT2D eigenvalue weighted by Crippen LogP contribution is 2.57. The predicted molar refractivity (Wildman–Crippen MR) is 160 cm³/mol. The van der Waals surface area contributed by atoms with Crippen molar-refractivity contribution in [2.24, 2.45) is 11.3 Å². The van der Waals surface area contributed by atoms with Gasteiger partial charge in [0.1, 0.15) is 17.5 Å². The SMILES string of the molecule is C=C[C@@H]1CC1(CC(=O)[C@@H]1C[C@@H](Oc2nccc3cc(OC)ccc23)CN1C(=O)OC(C)(C)C)C(=O)NS(=O)(=O)OC1(C)CC1. The van der Waals surface area contributed by atoms with E-state index in [9.17, 15) is 22.8 Å². The molecule has 3 fully saturated rings. The number of benzene rings is 1.